The normalized spacial score (nSPS) is 12.5. The average Bonchev–Trinajstić information content (AvgIpc) is 2.42. The predicted octanol–water partition coefficient (Wildman–Crippen LogP) is 6.17. The number of rotatable bonds is 4. The van der Waals surface area contributed by atoms with Gasteiger partial charge >= 0.3 is 165 Å². The summed E-state index contributed by atoms with van der Waals surface area (Å²) in [5, 5.41) is 1.36. The van der Waals surface area contributed by atoms with E-state index in [-0.39, 0.29) is 0 Å². The van der Waals surface area contributed by atoms with Crippen LogP contribution in [0.1, 0.15) is 60.6 Å². The molecule has 26 heavy (non-hydrogen) atoms. The summed E-state index contributed by atoms with van der Waals surface area (Å²) in [4.78, 5) is 0. The fourth-order valence-electron chi connectivity index (χ4n) is 5.10. The van der Waals surface area contributed by atoms with Crippen LogP contribution >= 0.6 is 0 Å². The molecule has 0 aliphatic carbocycles. The van der Waals surface area contributed by atoms with Crippen molar-refractivity contribution < 1.29 is 0 Å². The third kappa shape index (κ3) is 4.45. The molecule has 0 N–H and O–H groups in total. The quantitative estimate of drug-likeness (QED) is 0.529. The van der Waals surface area contributed by atoms with Gasteiger partial charge in [-0.1, -0.05) is 0 Å². The molecule has 0 spiro atoms. The molecule has 2 aromatic rings. The second kappa shape index (κ2) is 7.54. The van der Waals surface area contributed by atoms with E-state index in [0.29, 0.717) is 5.41 Å². The van der Waals surface area contributed by atoms with Crippen molar-refractivity contribution >= 4 is 22.1 Å². The molecule has 0 heterocycles. The summed E-state index contributed by atoms with van der Waals surface area (Å²) < 4.78 is 3.44. The summed E-state index contributed by atoms with van der Waals surface area (Å²) in [6, 6.07) is 9.62. The molecule has 0 fully saturated rings. The van der Waals surface area contributed by atoms with Gasteiger partial charge in [-0.25, -0.2) is 0 Å². The zero-order chi connectivity index (χ0) is 19.9. The van der Waals surface area contributed by atoms with Gasteiger partial charge in [0.1, 0.15) is 0 Å². The van der Waals surface area contributed by atoms with Crippen LogP contribution in [0.4, 0.5) is 0 Å². The summed E-state index contributed by atoms with van der Waals surface area (Å²) >= 11 is -2.49. The third-order valence-electron chi connectivity index (χ3n) is 5.83. The Bertz CT molecular complexity index is 702. The van der Waals surface area contributed by atoms with Crippen molar-refractivity contribution in [3.63, 3.8) is 0 Å². The van der Waals surface area contributed by atoms with Gasteiger partial charge in [0.05, 0.1) is 0 Å². The Hall–Kier alpha value is -1.02. The fraction of sp³-hybridized carbons (Fsp3) is 0.520. The summed E-state index contributed by atoms with van der Waals surface area (Å²) in [6.45, 7) is 21.0. The van der Waals surface area contributed by atoms with Crippen LogP contribution < -0.4 is 8.79 Å². The standard InChI is InChI=1S/C25H38Ge/c1-17-13-19(3)23(20(4)14-17)26(10,12-11-25(7,8)9)24-21(5)15-18(2)16-22(24)6/h13-16H,11-12H2,1-10H3. The third-order valence-corrected chi connectivity index (χ3v) is 16.4. The first-order valence-corrected chi connectivity index (χ1v) is 15.7. The van der Waals surface area contributed by atoms with Crippen molar-refractivity contribution in [3.8, 4) is 0 Å². The summed E-state index contributed by atoms with van der Waals surface area (Å²) in [7, 11) is 0. The maximum atomic E-state index is 2.67. The van der Waals surface area contributed by atoms with Crippen molar-refractivity contribution in [1.29, 1.82) is 0 Å². The Morgan fingerprint density at radius 1 is 0.654 bits per heavy atom. The second-order valence-electron chi connectivity index (χ2n) is 9.94. The van der Waals surface area contributed by atoms with Gasteiger partial charge in [-0.15, -0.1) is 0 Å². The Morgan fingerprint density at radius 3 is 1.23 bits per heavy atom. The summed E-state index contributed by atoms with van der Waals surface area (Å²) in [5.41, 5.74) is 9.21. The zero-order valence-corrected chi connectivity index (χ0v) is 20.8. The van der Waals surface area contributed by atoms with E-state index in [9.17, 15) is 0 Å². The molecule has 2 rings (SSSR count). The van der Waals surface area contributed by atoms with Gasteiger partial charge in [0.15, 0.2) is 0 Å². The molecule has 0 radical (unpaired) electrons. The summed E-state index contributed by atoms with van der Waals surface area (Å²) in [5.74, 6) is 2.67. The monoisotopic (exact) mass is 412 g/mol. The van der Waals surface area contributed by atoms with E-state index in [2.05, 4.69) is 92.3 Å². The van der Waals surface area contributed by atoms with E-state index >= 15 is 0 Å². The molecule has 0 amide bonds. The average molecular weight is 411 g/mol. The maximum absolute atomic E-state index is 2.67. The minimum atomic E-state index is -2.49. The van der Waals surface area contributed by atoms with Crippen LogP contribution in [-0.2, 0) is 0 Å². The Kier molecular flexibility index (Phi) is 6.17. The van der Waals surface area contributed by atoms with Crippen LogP contribution in [0.3, 0.4) is 0 Å². The second-order valence-corrected chi connectivity index (χ2v) is 18.7. The molecule has 0 unspecified atom stereocenters. The van der Waals surface area contributed by atoms with Crippen molar-refractivity contribution in [2.45, 2.75) is 79.7 Å². The van der Waals surface area contributed by atoms with Crippen LogP contribution in [0.2, 0.25) is 11.0 Å². The fourth-order valence-corrected chi connectivity index (χ4v) is 17.2. The van der Waals surface area contributed by atoms with E-state index < -0.39 is 13.3 Å². The first kappa shape index (κ1) is 21.3. The first-order valence-electron chi connectivity index (χ1n) is 10.0. The number of hydrogen-bond acceptors (Lipinski definition) is 0. The van der Waals surface area contributed by atoms with Crippen molar-refractivity contribution in [1.82, 2.24) is 0 Å². The number of aryl methyl sites for hydroxylation is 6. The van der Waals surface area contributed by atoms with Crippen LogP contribution in [0.5, 0.6) is 0 Å². The Morgan fingerprint density at radius 2 is 0.962 bits per heavy atom. The Balaban J connectivity index is 2.77. The van der Waals surface area contributed by atoms with Crippen molar-refractivity contribution in [2.75, 3.05) is 0 Å². The van der Waals surface area contributed by atoms with Gasteiger partial charge in [-0.2, -0.15) is 0 Å². The summed E-state index contributed by atoms with van der Waals surface area (Å²) in [6.07, 6.45) is 1.29. The minimum absolute atomic E-state index is 0.380. The van der Waals surface area contributed by atoms with E-state index in [1.165, 1.54) is 45.1 Å². The topological polar surface area (TPSA) is 0 Å². The van der Waals surface area contributed by atoms with E-state index in [4.69, 9.17) is 0 Å². The van der Waals surface area contributed by atoms with E-state index in [1.807, 2.05) is 0 Å². The first-order chi connectivity index (χ1) is 11.8. The number of benzene rings is 2. The van der Waals surface area contributed by atoms with Crippen LogP contribution in [0.25, 0.3) is 0 Å². The molecular weight excluding hydrogens is 373 g/mol. The molecule has 0 saturated heterocycles. The molecule has 0 aromatic heterocycles. The Labute approximate surface area is 164 Å². The molecule has 0 atom stereocenters. The molecule has 142 valence electrons. The molecule has 0 aliphatic heterocycles. The van der Waals surface area contributed by atoms with Gasteiger partial charge in [0, 0.05) is 0 Å². The van der Waals surface area contributed by atoms with Crippen LogP contribution in [0, 0.1) is 47.0 Å². The van der Waals surface area contributed by atoms with E-state index in [0.717, 1.165) is 0 Å². The van der Waals surface area contributed by atoms with Crippen LogP contribution in [-0.4, -0.2) is 13.3 Å². The van der Waals surface area contributed by atoms with Gasteiger partial charge in [0.25, 0.3) is 0 Å². The molecule has 1 heteroatoms. The van der Waals surface area contributed by atoms with Crippen molar-refractivity contribution in [3.05, 3.63) is 57.6 Å². The van der Waals surface area contributed by atoms with Crippen molar-refractivity contribution in [2.24, 2.45) is 5.41 Å². The zero-order valence-electron chi connectivity index (χ0n) is 18.7. The van der Waals surface area contributed by atoms with Crippen LogP contribution in [0.15, 0.2) is 24.3 Å². The molecular formula is C25H38Ge. The molecule has 0 nitrogen and oxygen atoms in total. The van der Waals surface area contributed by atoms with Gasteiger partial charge in [-0.05, 0) is 0 Å². The molecule has 0 saturated carbocycles. The van der Waals surface area contributed by atoms with Gasteiger partial charge in [0.2, 0.25) is 0 Å². The van der Waals surface area contributed by atoms with E-state index in [1.54, 1.807) is 8.79 Å². The molecule has 0 bridgehead atoms. The molecule has 0 aliphatic rings. The SMILES string of the molecule is Cc1cc(C)[c]([Ge]([CH3])([CH2]CC(C)(C)C)[c]2c(C)cc(C)cc2C)c(C)c1. The predicted molar refractivity (Wildman–Crippen MR) is 121 cm³/mol. The van der Waals surface area contributed by atoms with Gasteiger partial charge in [-0.3, -0.25) is 0 Å². The number of hydrogen-bond donors (Lipinski definition) is 0. The van der Waals surface area contributed by atoms with Gasteiger partial charge < -0.3 is 0 Å². The molecule has 2 aromatic carbocycles.